The zero-order chi connectivity index (χ0) is 11.4. The zero-order valence-electron chi connectivity index (χ0n) is 8.92. The number of aromatic nitrogens is 2. The highest BCUT2D eigenvalue weighted by molar-refractivity contribution is 6.32. The average Bonchev–Trinajstić information content (AvgIpc) is 2.77. The topological polar surface area (TPSA) is 69.8 Å². The summed E-state index contributed by atoms with van der Waals surface area (Å²) in [4.78, 5) is 17.6. The second kappa shape index (κ2) is 5.32. The van der Waals surface area contributed by atoms with Crippen LogP contribution in [0.15, 0.2) is 11.1 Å². The Hall–Kier alpha value is -1.07. The van der Waals surface area contributed by atoms with Crippen LogP contribution in [0, 0.1) is 5.92 Å². The molecule has 16 heavy (non-hydrogen) atoms. The van der Waals surface area contributed by atoms with E-state index < -0.39 is 0 Å². The highest BCUT2D eigenvalue weighted by Gasteiger charge is 2.14. The first-order chi connectivity index (χ1) is 7.77. The predicted molar refractivity (Wildman–Crippen MR) is 64.0 cm³/mol. The van der Waals surface area contributed by atoms with Gasteiger partial charge in [0.2, 0.25) is 0 Å². The van der Waals surface area contributed by atoms with Gasteiger partial charge in [-0.2, -0.15) is 0 Å². The van der Waals surface area contributed by atoms with E-state index in [2.05, 4.69) is 20.6 Å². The summed E-state index contributed by atoms with van der Waals surface area (Å²) in [6.45, 7) is 2.98. The molecule has 0 bridgehead atoms. The number of hydrogen-bond donors (Lipinski definition) is 3. The first-order valence-electron chi connectivity index (χ1n) is 5.45. The van der Waals surface area contributed by atoms with E-state index in [0.29, 0.717) is 11.7 Å². The lowest BCUT2D eigenvalue weighted by atomic mass is 10.1. The molecule has 88 valence electrons. The van der Waals surface area contributed by atoms with Crippen LogP contribution >= 0.6 is 11.6 Å². The Morgan fingerprint density at radius 3 is 3.25 bits per heavy atom. The molecule has 1 aromatic rings. The van der Waals surface area contributed by atoms with Crippen LogP contribution in [-0.4, -0.2) is 29.6 Å². The lowest BCUT2D eigenvalue weighted by Gasteiger charge is -2.09. The first-order valence-corrected chi connectivity index (χ1v) is 5.83. The van der Waals surface area contributed by atoms with Gasteiger partial charge in [-0.05, 0) is 31.8 Å². The molecule has 2 rings (SSSR count). The number of rotatable bonds is 4. The van der Waals surface area contributed by atoms with Crippen molar-refractivity contribution in [3.8, 4) is 0 Å². The van der Waals surface area contributed by atoms with Gasteiger partial charge < -0.3 is 15.6 Å². The van der Waals surface area contributed by atoms with E-state index in [1.54, 1.807) is 0 Å². The molecule has 3 N–H and O–H groups in total. The monoisotopic (exact) mass is 242 g/mol. The minimum absolute atomic E-state index is 0.132. The maximum Gasteiger partial charge on any atom is 0.271 e. The third kappa shape index (κ3) is 2.74. The Balaban J connectivity index is 1.84. The fraction of sp³-hybridized carbons (Fsp3) is 0.600. The van der Waals surface area contributed by atoms with Gasteiger partial charge in [0, 0.05) is 6.54 Å². The lowest BCUT2D eigenvalue weighted by Crippen LogP contribution is -2.15. The molecule has 1 atom stereocenters. The molecule has 1 saturated heterocycles. The van der Waals surface area contributed by atoms with E-state index in [0.717, 1.165) is 26.1 Å². The van der Waals surface area contributed by atoms with E-state index in [1.807, 2.05) is 0 Å². The van der Waals surface area contributed by atoms with Crippen LogP contribution < -0.4 is 16.2 Å². The summed E-state index contributed by atoms with van der Waals surface area (Å²) in [7, 11) is 0. The number of hydrogen-bond acceptors (Lipinski definition) is 4. The lowest BCUT2D eigenvalue weighted by molar-refractivity contribution is 0.549. The summed E-state index contributed by atoms with van der Waals surface area (Å²) < 4.78 is 0. The highest BCUT2D eigenvalue weighted by Crippen LogP contribution is 2.15. The van der Waals surface area contributed by atoms with E-state index in [1.165, 1.54) is 12.7 Å². The maximum absolute atomic E-state index is 11.2. The van der Waals surface area contributed by atoms with Crippen LogP contribution in [0.5, 0.6) is 0 Å². The Kier molecular flexibility index (Phi) is 3.79. The van der Waals surface area contributed by atoms with Crippen LogP contribution in [-0.2, 0) is 0 Å². The SMILES string of the molecule is O=c1[nH]cnc(NCCC2CCNC2)c1Cl. The largest absolute Gasteiger partial charge is 0.369 e. The Morgan fingerprint density at radius 1 is 1.62 bits per heavy atom. The van der Waals surface area contributed by atoms with E-state index in [4.69, 9.17) is 11.6 Å². The van der Waals surface area contributed by atoms with Crippen LogP contribution in [0.25, 0.3) is 0 Å². The fourth-order valence-electron chi connectivity index (χ4n) is 1.86. The van der Waals surface area contributed by atoms with Crippen molar-refractivity contribution >= 4 is 17.4 Å². The Labute approximate surface area is 98.6 Å². The van der Waals surface area contributed by atoms with Crippen LogP contribution in [0.4, 0.5) is 5.82 Å². The third-order valence-corrected chi connectivity index (χ3v) is 3.15. The molecule has 5 nitrogen and oxygen atoms in total. The standard InChI is InChI=1S/C10H15ClN4O/c11-8-9(14-6-15-10(8)16)13-4-2-7-1-3-12-5-7/h6-7,12H,1-5H2,(H2,13,14,15,16). The molecule has 1 fully saturated rings. The van der Waals surface area contributed by atoms with Crippen molar-refractivity contribution in [1.29, 1.82) is 0 Å². The minimum atomic E-state index is -0.304. The minimum Gasteiger partial charge on any atom is -0.369 e. The van der Waals surface area contributed by atoms with Gasteiger partial charge >= 0.3 is 0 Å². The number of anilines is 1. The highest BCUT2D eigenvalue weighted by atomic mass is 35.5. The van der Waals surface area contributed by atoms with Gasteiger partial charge in [-0.3, -0.25) is 4.79 Å². The molecule has 0 aromatic carbocycles. The molecule has 0 amide bonds. The number of halogens is 1. The molecule has 0 aliphatic carbocycles. The second-order valence-electron chi connectivity index (χ2n) is 3.97. The van der Waals surface area contributed by atoms with Crippen molar-refractivity contribution < 1.29 is 0 Å². The second-order valence-corrected chi connectivity index (χ2v) is 4.35. The zero-order valence-corrected chi connectivity index (χ0v) is 9.68. The quantitative estimate of drug-likeness (QED) is 0.732. The van der Waals surface area contributed by atoms with Gasteiger partial charge in [0.05, 0.1) is 6.33 Å². The van der Waals surface area contributed by atoms with Crippen LogP contribution in [0.1, 0.15) is 12.8 Å². The van der Waals surface area contributed by atoms with Crippen LogP contribution in [0.2, 0.25) is 5.02 Å². The summed E-state index contributed by atoms with van der Waals surface area (Å²) in [5.41, 5.74) is -0.304. The smallest absolute Gasteiger partial charge is 0.271 e. The van der Waals surface area contributed by atoms with Gasteiger partial charge in [0.15, 0.2) is 5.82 Å². The summed E-state index contributed by atoms with van der Waals surface area (Å²) >= 11 is 5.81. The number of nitrogens with zero attached hydrogens (tertiary/aromatic N) is 1. The number of nitrogens with one attached hydrogen (secondary N) is 3. The van der Waals surface area contributed by atoms with Gasteiger partial charge in [0.25, 0.3) is 5.56 Å². The summed E-state index contributed by atoms with van der Waals surface area (Å²) in [6, 6.07) is 0. The molecule has 1 aliphatic rings. The van der Waals surface area contributed by atoms with Crippen molar-refractivity contribution in [3.63, 3.8) is 0 Å². The summed E-state index contributed by atoms with van der Waals surface area (Å²) in [5.74, 6) is 1.18. The molecule has 0 saturated carbocycles. The van der Waals surface area contributed by atoms with Gasteiger partial charge in [-0.15, -0.1) is 0 Å². The molecule has 6 heteroatoms. The molecule has 1 unspecified atom stereocenters. The van der Waals surface area contributed by atoms with Gasteiger partial charge in [0.1, 0.15) is 5.02 Å². The molecule has 0 radical (unpaired) electrons. The van der Waals surface area contributed by atoms with Crippen molar-refractivity contribution in [2.75, 3.05) is 25.0 Å². The Morgan fingerprint density at radius 2 is 2.50 bits per heavy atom. The molecular weight excluding hydrogens is 228 g/mol. The molecular formula is C10H15ClN4O. The van der Waals surface area contributed by atoms with E-state index in [-0.39, 0.29) is 10.6 Å². The van der Waals surface area contributed by atoms with Crippen molar-refractivity contribution in [1.82, 2.24) is 15.3 Å². The molecule has 1 aliphatic heterocycles. The third-order valence-electron chi connectivity index (χ3n) is 2.80. The number of aromatic amines is 1. The van der Waals surface area contributed by atoms with Crippen molar-refractivity contribution in [3.05, 3.63) is 21.7 Å². The molecule has 1 aromatic heterocycles. The fourth-order valence-corrected chi connectivity index (χ4v) is 2.03. The summed E-state index contributed by atoms with van der Waals surface area (Å²) in [5, 5.41) is 6.54. The maximum atomic E-state index is 11.2. The predicted octanol–water partition coefficient (Wildman–Crippen LogP) is 0.835. The first kappa shape index (κ1) is 11.4. The van der Waals surface area contributed by atoms with Gasteiger partial charge in [-0.1, -0.05) is 11.6 Å². The normalized spacial score (nSPS) is 19.9. The molecule has 0 spiro atoms. The van der Waals surface area contributed by atoms with E-state index in [9.17, 15) is 4.79 Å². The Bertz CT molecular complexity index is 400. The number of H-pyrrole nitrogens is 1. The molecule has 2 heterocycles. The summed E-state index contributed by atoms with van der Waals surface area (Å²) in [6.07, 6.45) is 3.64. The van der Waals surface area contributed by atoms with Gasteiger partial charge in [-0.25, -0.2) is 4.98 Å². The van der Waals surface area contributed by atoms with Crippen LogP contribution in [0.3, 0.4) is 0 Å². The van der Waals surface area contributed by atoms with Crippen molar-refractivity contribution in [2.24, 2.45) is 5.92 Å². The van der Waals surface area contributed by atoms with Crippen molar-refractivity contribution in [2.45, 2.75) is 12.8 Å². The van der Waals surface area contributed by atoms with E-state index >= 15 is 0 Å². The average molecular weight is 243 g/mol.